The van der Waals surface area contributed by atoms with E-state index in [9.17, 15) is 0 Å². The van der Waals surface area contributed by atoms with Gasteiger partial charge < -0.3 is 0 Å². The van der Waals surface area contributed by atoms with Crippen LogP contribution in [0.5, 0.6) is 0 Å². The van der Waals surface area contributed by atoms with E-state index in [4.69, 9.17) is 11.6 Å². The van der Waals surface area contributed by atoms with Crippen molar-refractivity contribution in [1.29, 1.82) is 0 Å². The quantitative estimate of drug-likeness (QED) is 0.696. The minimum atomic E-state index is 0.551. The van der Waals surface area contributed by atoms with Gasteiger partial charge in [-0.15, -0.1) is 11.6 Å². The molecule has 0 spiro atoms. The molecule has 1 unspecified atom stereocenters. The lowest BCUT2D eigenvalue weighted by atomic mass is 9.97. The molecule has 1 rings (SSSR count). The maximum Gasteiger partial charge on any atom is 0.0229 e. The Labute approximate surface area is 99.8 Å². The normalized spacial score (nSPS) is 12.9. The largest absolute Gasteiger partial charge is 0.127 e. The van der Waals surface area contributed by atoms with Crippen LogP contribution in [0.15, 0.2) is 22.7 Å². The second kappa shape index (κ2) is 5.77. The number of rotatable bonds is 4. The predicted octanol–water partition coefficient (Wildman–Crippen LogP) is 4.74. The fourth-order valence-electron chi connectivity index (χ4n) is 1.49. The van der Waals surface area contributed by atoms with Crippen LogP contribution in [-0.4, -0.2) is 5.88 Å². The van der Waals surface area contributed by atoms with Crippen molar-refractivity contribution in [1.82, 2.24) is 0 Å². The molecular weight excluding hydrogens is 259 g/mol. The molecule has 0 heterocycles. The predicted molar refractivity (Wildman–Crippen MR) is 67.3 cm³/mol. The summed E-state index contributed by atoms with van der Waals surface area (Å²) in [5.74, 6) is 1.28. The first-order valence-corrected chi connectivity index (χ1v) is 6.36. The van der Waals surface area contributed by atoms with Gasteiger partial charge in [-0.1, -0.05) is 41.9 Å². The highest BCUT2D eigenvalue weighted by atomic mass is 79.9. The summed E-state index contributed by atoms with van der Waals surface area (Å²) < 4.78 is 1.22. The summed E-state index contributed by atoms with van der Waals surface area (Å²) in [7, 11) is 0. The molecule has 0 aliphatic heterocycles. The van der Waals surface area contributed by atoms with E-state index < -0.39 is 0 Å². The third kappa shape index (κ3) is 2.99. The maximum absolute atomic E-state index is 5.73. The van der Waals surface area contributed by atoms with Crippen LogP contribution in [0.25, 0.3) is 0 Å². The molecule has 0 fully saturated rings. The monoisotopic (exact) mass is 274 g/mol. The Hall–Kier alpha value is -0.0100. The second-order valence-corrected chi connectivity index (χ2v) is 4.82. The van der Waals surface area contributed by atoms with Crippen LogP contribution in [-0.2, 0) is 6.42 Å². The zero-order valence-corrected chi connectivity index (χ0v) is 11.0. The van der Waals surface area contributed by atoms with Gasteiger partial charge in [0.1, 0.15) is 0 Å². The highest BCUT2D eigenvalue weighted by molar-refractivity contribution is 9.10. The summed E-state index contributed by atoms with van der Waals surface area (Å²) in [6.07, 6.45) is 2.12. The number of hydrogen-bond acceptors (Lipinski definition) is 0. The number of benzene rings is 1. The van der Waals surface area contributed by atoms with Crippen molar-refractivity contribution in [3.8, 4) is 0 Å². The van der Waals surface area contributed by atoms with Gasteiger partial charge >= 0.3 is 0 Å². The van der Waals surface area contributed by atoms with Crippen molar-refractivity contribution in [3.05, 3.63) is 33.8 Å². The summed E-state index contributed by atoms with van der Waals surface area (Å²) in [6.45, 7) is 4.39. The zero-order chi connectivity index (χ0) is 10.6. The molecule has 0 aliphatic rings. The zero-order valence-electron chi connectivity index (χ0n) is 8.69. The van der Waals surface area contributed by atoms with Crippen LogP contribution in [0.4, 0.5) is 0 Å². The fraction of sp³-hybridized carbons (Fsp3) is 0.500. The number of alkyl halides is 1. The Morgan fingerprint density at radius 3 is 2.64 bits per heavy atom. The van der Waals surface area contributed by atoms with Crippen molar-refractivity contribution in [2.45, 2.75) is 32.6 Å². The Balaban J connectivity index is 2.85. The van der Waals surface area contributed by atoms with Crippen LogP contribution in [0.3, 0.4) is 0 Å². The van der Waals surface area contributed by atoms with Crippen molar-refractivity contribution >= 4 is 27.5 Å². The summed E-state index contributed by atoms with van der Waals surface area (Å²) in [5, 5.41) is 0. The van der Waals surface area contributed by atoms with Gasteiger partial charge in [0.15, 0.2) is 0 Å². The van der Waals surface area contributed by atoms with Crippen LogP contribution in [0.1, 0.15) is 37.3 Å². The Bertz CT molecular complexity index is 296. The molecule has 0 saturated carbocycles. The van der Waals surface area contributed by atoms with Gasteiger partial charge in [0, 0.05) is 10.4 Å². The third-order valence-electron chi connectivity index (χ3n) is 2.57. The molecule has 2 heteroatoms. The molecule has 14 heavy (non-hydrogen) atoms. The molecule has 1 aromatic rings. The molecule has 0 aromatic heterocycles. The Morgan fingerprint density at radius 2 is 2.14 bits per heavy atom. The molecule has 0 amide bonds. The first-order chi connectivity index (χ1) is 6.69. The summed E-state index contributed by atoms with van der Waals surface area (Å²) >= 11 is 9.33. The van der Waals surface area contributed by atoms with Gasteiger partial charge in [-0.25, -0.2) is 0 Å². The average molecular weight is 276 g/mol. The molecule has 0 N–H and O–H groups in total. The van der Waals surface area contributed by atoms with E-state index in [0.717, 1.165) is 18.7 Å². The number of hydrogen-bond donors (Lipinski definition) is 0. The standard InChI is InChI=1S/C12H16BrCl/c1-3-10-4-5-11(8-12(10)13)9(2)6-7-14/h4-5,8-9H,3,6-7H2,1-2H3. The lowest BCUT2D eigenvalue weighted by molar-refractivity contribution is 0.737. The first kappa shape index (κ1) is 12.1. The van der Waals surface area contributed by atoms with Crippen molar-refractivity contribution in [2.75, 3.05) is 5.88 Å². The van der Waals surface area contributed by atoms with Crippen molar-refractivity contribution in [2.24, 2.45) is 0 Å². The third-order valence-corrected chi connectivity index (χ3v) is 3.53. The van der Waals surface area contributed by atoms with Crippen LogP contribution < -0.4 is 0 Å². The summed E-state index contributed by atoms with van der Waals surface area (Å²) in [4.78, 5) is 0. The van der Waals surface area contributed by atoms with E-state index in [1.165, 1.54) is 15.6 Å². The van der Waals surface area contributed by atoms with Gasteiger partial charge in [-0.2, -0.15) is 0 Å². The minimum Gasteiger partial charge on any atom is -0.127 e. The Morgan fingerprint density at radius 1 is 1.43 bits per heavy atom. The SMILES string of the molecule is CCc1ccc(C(C)CCCl)cc1Br. The van der Waals surface area contributed by atoms with Gasteiger partial charge in [-0.05, 0) is 36.0 Å². The maximum atomic E-state index is 5.73. The average Bonchev–Trinajstić information content (AvgIpc) is 2.18. The van der Waals surface area contributed by atoms with E-state index >= 15 is 0 Å². The fourth-order valence-corrected chi connectivity index (χ4v) is 2.49. The molecule has 1 aromatic carbocycles. The Kier molecular flexibility index (Phi) is 4.97. The lowest BCUT2D eigenvalue weighted by Gasteiger charge is -2.11. The second-order valence-electron chi connectivity index (χ2n) is 3.58. The molecule has 0 radical (unpaired) electrons. The minimum absolute atomic E-state index is 0.551. The van der Waals surface area contributed by atoms with Gasteiger partial charge in [0.05, 0.1) is 0 Å². The van der Waals surface area contributed by atoms with Gasteiger partial charge in [0.2, 0.25) is 0 Å². The van der Waals surface area contributed by atoms with Gasteiger partial charge in [-0.3, -0.25) is 0 Å². The topological polar surface area (TPSA) is 0 Å². The molecular formula is C12H16BrCl. The smallest absolute Gasteiger partial charge is 0.0229 e. The van der Waals surface area contributed by atoms with E-state index in [1.807, 2.05) is 0 Å². The van der Waals surface area contributed by atoms with Gasteiger partial charge in [0.25, 0.3) is 0 Å². The first-order valence-electron chi connectivity index (χ1n) is 5.03. The van der Waals surface area contributed by atoms with Crippen LogP contribution >= 0.6 is 27.5 Å². The molecule has 0 aliphatic carbocycles. The van der Waals surface area contributed by atoms with Crippen molar-refractivity contribution in [3.63, 3.8) is 0 Å². The number of aryl methyl sites for hydroxylation is 1. The molecule has 0 saturated heterocycles. The van der Waals surface area contributed by atoms with E-state index in [0.29, 0.717) is 5.92 Å². The van der Waals surface area contributed by atoms with E-state index in [2.05, 4.69) is 48.0 Å². The van der Waals surface area contributed by atoms with E-state index in [1.54, 1.807) is 0 Å². The lowest BCUT2D eigenvalue weighted by Crippen LogP contribution is -1.95. The summed E-state index contributed by atoms with van der Waals surface area (Å²) in [5.41, 5.74) is 2.74. The summed E-state index contributed by atoms with van der Waals surface area (Å²) in [6, 6.07) is 6.63. The molecule has 0 nitrogen and oxygen atoms in total. The molecule has 0 bridgehead atoms. The molecule has 78 valence electrons. The highest BCUT2D eigenvalue weighted by Gasteiger charge is 2.06. The van der Waals surface area contributed by atoms with Crippen LogP contribution in [0.2, 0.25) is 0 Å². The number of halogens is 2. The van der Waals surface area contributed by atoms with Crippen molar-refractivity contribution < 1.29 is 0 Å². The molecule has 1 atom stereocenters. The van der Waals surface area contributed by atoms with Crippen LogP contribution in [0, 0.1) is 0 Å². The highest BCUT2D eigenvalue weighted by Crippen LogP contribution is 2.25. The van der Waals surface area contributed by atoms with E-state index in [-0.39, 0.29) is 0 Å².